The van der Waals surface area contributed by atoms with Crippen molar-refractivity contribution < 1.29 is 31.4 Å². The highest BCUT2D eigenvalue weighted by atomic mass is 19.4. The zero-order valence-electron chi connectivity index (χ0n) is 21.5. The fourth-order valence-electron chi connectivity index (χ4n) is 5.48. The van der Waals surface area contributed by atoms with Gasteiger partial charge in [-0.3, -0.25) is 5.01 Å². The van der Waals surface area contributed by atoms with Crippen LogP contribution in [0.2, 0.25) is 0 Å². The number of alkyl halides is 3. The molecule has 1 saturated carbocycles. The summed E-state index contributed by atoms with van der Waals surface area (Å²) in [7, 11) is 0. The minimum atomic E-state index is -4.46. The van der Waals surface area contributed by atoms with Gasteiger partial charge in [-0.1, -0.05) is 6.92 Å². The van der Waals surface area contributed by atoms with E-state index >= 15 is 0 Å². The van der Waals surface area contributed by atoms with E-state index in [1.807, 2.05) is 4.90 Å². The van der Waals surface area contributed by atoms with E-state index in [4.69, 9.17) is 9.47 Å². The summed E-state index contributed by atoms with van der Waals surface area (Å²) in [5, 5.41) is 5.23. The van der Waals surface area contributed by atoms with Crippen LogP contribution in [0.3, 0.4) is 0 Å². The fraction of sp³-hybridized carbons (Fsp3) is 0.536. The fourth-order valence-corrected chi connectivity index (χ4v) is 5.48. The van der Waals surface area contributed by atoms with Gasteiger partial charge in [-0.2, -0.15) is 18.3 Å². The summed E-state index contributed by atoms with van der Waals surface area (Å²) in [5.41, 5.74) is -0.0134. The largest absolute Gasteiger partial charge is 0.490 e. The Labute approximate surface area is 219 Å². The summed E-state index contributed by atoms with van der Waals surface area (Å²) >= 11 is 0. The molecule has 0 radical (unpaired) electrons. The molecule has 2 aromatic carbocycles. The van der Waals surface area contributed by atoms with Gasteiger partial charge in [-0.25, -0.2) is 8.78 Å². The van der Waals surface area contributed by atoms with Crippen LogP contribution in [0.4, 0.5) is 33.3 Å². The number of hydrogen-bond donors (Lipinski definition) is 0. The average Bonchev–Trinajstić information content (AvgIpc) is 3.50. The van der Waals surface area contributed by atoms with Crippen LogP contribution >= 0.6 is 0 Å². The highest BCUT2D eigenvalue weighted by Gasteiger charge is 2.46. The normalized spacial score (nSPS) is 23.2. The van der Waals surface area contributed by atoms with E-state index in [-0.39, 0.29) is 17.9 Å². The predicted octanol–water partition coefficient (Wildman–Crippen LogP) is 7.10. The quantitative estimate of drug-likeness (QED) is 0.369. The Morgan fingerprint density at radius 2 is 1.45 bits per heavy atom. The van der Waals surface area contributed by atoms with Crippen LogP contribution in [0.25, 0.3) is 0 Å². The second kappa shape index (κ2) is 10.6. The summed E-state index contributed by atoms with van der Waals surface area (Å²) in [6.45, 7) is 4.23. The van der Waals surface area contributed by atoms with E-state index in [2.05, 4.69) is 5.10 Å². The molecule has 206 valence electrons. The van der Waals surface area contributed by atoms with Crippen LogP contribution in [0.1, 0.15) is 52.4 Å². The molecule has 3 aliphatic rings. The van der Waals surface area contributed by atoms with Gasteiger partial charge in [0.1, 0.15) is 23.3 Å². The number of nitrogens with zero attached hydrogens (tertiary/aromatic N) is 3. The van der Waals surface area contributed by atoms with Crippen molar-refractivity contribution in [1.29, 1.82) is 0 Å². The first kappa shape index (κ1) is 26.6. The topological polar surface area (TPSA) is 37.3 Å². The molecule has 5 nitrogen and oxygen atoms in total. The van der Waals surface area contributed by atoms with E-state index in [9.17, 15) is 22.0 Å². The van der Waals surface area contributed by atoms with Crippen LogP contribution in [0.15, 0.2) is 41.5 Å². The maximum atomic E-state index is 14.7. The summed E-state index contributed by atoms with van der Waals surface area (Å²) in [4.78, 5) is 1.81. The minimum absolute atomic E-state index is 0.0498. The van der Waals surface area contributed by atoms with E-state index < -0.39 is 35.5 Å². The van der Waals surface area contributed by atoms with Gasteiger partial charge in [0.25, 0.3) is 0 Å². The smallest absolute Gasteiger partial charge is 0.431 e. The molecule has 2 aromatic rings. The Morgan fingerprint density at radius 3 is 2.05 bits per heavy atom. The Kier molecular flexibility index (Phi) is 7.42. The predicted molar refractivity (Wildman–Crippen MR) is 136 cm³/mol. The van der Waals surface area contributed by atoms with E-state index in [1.165, 1.54) is 11.9 Å². The van der Waals surface area contributed by atoms with Gasteiger partial charge >= 0.3 is 6.18 Å². The molecular weight excluding hydrogens is 505 g/mol. The molecule has 10 heteroatoms. The number of piperidine rings is 1. The van der Waals surface area contributed by atoms with Gasteiger partial charge in [-0.05, 0) is 56.9 Å². The number of ether oxygens (including phenoxy) is 2. The maximum absolute atomic E-state index is 14.7. The van der Waals surface area contributed by atoms with E-state index in [0.717, 1.165) is 31.7 Å². The minimum Gasteiger partial charge on any atom is -0.490 e. The second-order valence-corrected chi connectivity index (χ2v) is 10.4. The lowest BCUT2D eigenvalue weighted by Gasteiger charge is -2.34. The van der Waals surface area contributed by atoms with Crippen molar-refractivity contribution in [3.05, 3.63) is 48.0 Å². The molecule has 2 aliphatic heterocycles. The first-order chi connectivity index (χ1) is 18.1. The lowest BCUT2D eigenvalue weighted by atomic mass is 9.98. The molecule has 1 aliphatic carbocycles. The van der Waals surface area contributed by atoms with E-state index in [0.29, 0.717) is 43.1 Å². The van der Waals surface area contributed by atoms with Crippen LogP contribution in [-0.4, -0.2) is 43.2 Å². The molecule has 2 fully saturated rings. The van der Waals surface area contributed by atoms with Crippen molar-refractivity contribution in [1.82, 2.24) is 0 Å². The lowest BCUT2D eigenvalue weighted by Crippen LogP contribution is -2.38. The molecule has 38 heavy (non-hydrogen) atoms. The molecule has 2 atom stereocenters. The molecule has 0 bridgehead atoms. The van der Waals surface area contributed by atoms with Crippen molar-refractivity contribution in [3.8, 4) is 11.5 Å². The van der Waals surface area contributed by atoms with Crippen molar-refractivity contribution >= 4 is 17.1 Å². The summed E-state index contributed by atoms with van der Waals surface area (Å²) < 4.78 is 80.7. The number of hydrogen-bond acceptors (Lipinski definition) is 5. The molecule has 1 saturated heterocycles. The van der Waals surface area contributed by atoms with Gasteiger partial charge in [0.2, 0.25) is 0 Å². The number of rotatable bonds is 6. The third kappa shape index (κ3) is 5.54. The van der Waals surface area contributed by atoms with Crippen molar-refractivity contribution in [2.24, 2.45) is 11.0 Å². The van der Waals surface area contributed by atoms with Crippen molar-refractivity contribution in [3.63, 3.8) is 0 Å². The number of halogens is 5. The Morgan fingerprint density at radius 1 is 0.842 bits per heavy atom. The third-order valence-electron chi connectivity index (χ3n) is 7.82. The van der Waals surface area contributed by atoms with Crippen LogP contribution in [0.5, 0.6) is 11.5 Å². The molecular formula is C28H32F5N3O2. The monoisotopic (exact) mass is 537 g/mol. The van der Waals surface area contributed by atoms with Gasteiger partial charge in [0, 0.05) is 44.0 Å². The SMILES string of the molecule is CC1C(C(F)(F)F)=NN(c2ccc(OC3CCN(c4cc(OC5CCCC5)cc(F)c4F)CC3)cc2)C1C. The van der Waals surface area contributed by atoms with E-state index in [1.54, 1.807) is 37.3 Å². The molecule has 0 N–H and O–H groups in total. The molecule has 2 unspecified atom stereocenters. The summed E-state index contributed by atoms with van der Waals surface area (Å²) in [6.07, 6.45) is 0.706. The highest BCUT2D eigenvalue weighted by molar-refractivity contribution is 5.95. The van der Waals surface area contributed by atoms with Crippen molar-refractivity contribution in [2.45, 2.75) is 76.8 Å². The van der Waals surface area contributed by atoms with Crippen LogP contribution in [0, 0.1) is 17.6 Å². The zero-order chi connectivity index (χ0) is 27.0. The third-order valence-corrected chi connectivity index (χ3v) is 7.82. The summed E-state index contributed by atoms with van der Waals surface area (Å²) in [6, 6.07) is 9.13. The van der Waals surface area contributed by atoms with Crippen LogP contribution in [-0.2, 0) is 0 Å². The first-order valence-corrected chi connectivity index (χ1v) is 13.2. The molecule has 5 rings (SSSR count). The standard InChI is InChI=1S/C28H32F5N3O2/c1-17-18(2)36(34-27(17)28(31,32)33)19-7-9-21(10-8-19)37-22-11-13-35(14-12-22)25-16-23(15-24(29)26(25)30)38-20-5-3-4-6-20/h7-10,15-18,20,22H,3-6,11-14H2,1-2H3. The first-order valence-electron chi connectivity index (χ1n) is 13.2. The zero-order valence-corrected chi connectivity index (χ0v) is 21.5. The van der Waals surface area contributed by atoms with Crippen LogP contribution < -0.4 is 19.4 Å². The van der Waals surface area contributed by atoms with Gasteiger partial charge in [0.05, 0.1) is 23.5 Å². The number of benzene rings is 2. The molecule has 0 aromatic heterocycles. The molecule has 0 spiro atoms. The Hall–Kier alpha value is -3.04. The number of anilines is 2. The second-order valence-electron chi connectivity index (χ2n) is 10.4. The highest BCUT2D eigenvalue weighted by Crippen LogP contribution is 2.36. The van der Waals surface area contributed by atoms with Crippen molar-refractivity contribution in [2.75, 3.05) is 23.0 Å². The Balaban J connectivity index is 1.19. The van der Waals surface area contributed by atoms with Gasteiger partial charge < -0.3 is 14.4 Å². The Bertz CT molecular complexity index is 1160. The average molecular weight is 538 g/mol. The van der Waals surface area contributed by atoms with Gasteiger partial charge in [-0.15, -0.1) is 0 Å². The molecule has 0 amide bonds. The van der Waals surface area contributed by atoms with Gasteiger partial charge in [0.15, 0.2) is 11.6 Å². The molecule has 2 heterocycles. The number of hydrazone groups is 1. The maximum Gasteiger partial charge on any atom is 0.431 e. The lowest BCUT2D eigenvalue weighted by molar-refractivity contribution is -0.0619. The summed E-state index contributed by atoms with van der Waals surface area (Å²) in [5.74, 6) is -1.57.